The summed E-state index contributed by atoms with van der Waals surface area (Å²) in [7, 11) is 0. The van der Waals surface area contributed by atoms with Crippen LogP contribution in [0.3, 0.4) is 0 Å². The third kappa shape index (κ3) is 1.85. The Balaban J connectivity index is 2.41. The first kappa shape index (κ1) is 12.8. The van der Waals surface area contributed by atoms with Gasteiger partial charge in [-0.2, -0.15) is 23.3 Å². The molecule has 0 radical (unpaired) electrons. The van der Waals surface area contributed by atoms with Gasteiger partial charge in [0.15, 0.2) is 5.11 Å². The molecule has 2 heterocycles. The molecule has 0 saturated heterocycles. The lowest BCUT2D eigenvalue weighted by molar-refractivity contribution is -0.294. The highest BCUT2D eigenvalue weighted by Gasteiger charge is 2.62. The van der Waals surface area contributed by atoms with Crippen molar-refractivity contribution in [3.63, 3.8) is 0 Å². The Hall–Kier alpha value is -1.61. The fourth-order valence-corrected chi connectivity index (χ4v) is 1.77. The number of hydrogen-bond acceptors (Lipinski definition) is 4. The zero-order chi connectivity index (χ0) is 13.6. The zero-order valence-corrected chi connectivity index (χ0v) is 9.63. The van der Waals surface area contributed by atoms with Crippen LogP contribution in [0.4, 0.5) is 13.2 Å². The van der Waals surface area contributed by atoms with Crippen molar-refractivity contribution in [1.82, 2.24) is 5.01 Å². The molecule has 1 aromatic heterocycles. The summed E-state index contributed by atoms with van der Waals surface area (Å²) in [6.45, 7) is 0. The number of aliphatic hydroxyl groups is 1. The van der Waals surface area contributed by atoms with Crippen molar-refractivity contribution in [2.45, 2.75) is 18.3 Å². The summed E-state index contributed by atoms with van der Waals surface area (Å²) >= 11 is 4.46. The van der Waals surface area contributed by atoms with Gasteiger partial charge in [0, 0.05) is 0 Å². The number of hydrazone groups is 1. The lowest BCUT2D eigenvalue weighted by atomic mass is 10.1. The van der Waals surface area contributed by atoms with E-state index in [1.807, 2.05) is 0 Å². The van der Waals surface area contributed by atoms with Gasteiger partial charge in [-0.25, -0.2) is 0 Å². The molecule has 1 atom stereocenters. The number of rotatable bonds is 1. The highest BCUT2D eigenvalue weighted by molar-refractivity contribution is 7.80. The Kier molecular flexibility index (Phi) is 2.82. The molecule has 0 aliphatic carbocycles. The summed E-state index contributed by atoms with van der Waals surface area (Å²) in [5.74, 6) is 0.122. The Morgan fingerprint density at radius 2 is 2.28 bits per heavy atom. The van der Waals surface area contributed by atoms with Crippen molar-refractivity contribution in [2.75, 3.05) is 0 Å². The maximum Gasteiger partial charge on any atom is 0.438 e. The van der Waals surface area contributed by atoms with E-state index < -0.39 is 23.4 Å². The van der Waals surface area contributed by atoms with E-state index >= 15 is 0 Å². The molecule has 0 spiro atoms. The predicted octanol–water partition coefficient (Wildman–Crippen LogP) is 1.18. The minimum Gasteiger partial charge on any atom is -0.463 e. The number of thiocarbonyl (C=S) groups is 1. The fraction of sp³-hybridized carbons (Fsp3) is 0.333. The van der Waals surface area contributed by atoms with Crippen LogP contribution < -0.4 is 5.73 Å². The Labute approximate surface area is 105 Å². The zero-order valence-electron chi connectivity index (χ0n) is 8.81. The molecule has 98 valence electrons. The lowest BCUT2D eigenvalue weighted by Gasteiger charge is -2.32. The Morgan fingerprint density at radius 1 is 1.61 bits per heavy atom. The topological polar surface area (TPSA) is 75.0 Å². The van der Waals surface area contributed by atoms with E-state index in [0.29, 0.717) is 0 Å². The normalized spacial score (nSPS) is 24.2. The SMILES string of the molecule is NC(=S)N1N=C(c2ccco2)C[C@@]1(O)C(F)(F)F. The van der Waals surface area contributed by atoms with Crippen molar-refractivity contribution in [2.24, 2.45) is 10.8 Å². The smallest absolute Gasteiger partial charge is 0.438 e. The number of halogens is 3. The monoisotopic (exact) mass is 279 g/mol. The maximum atomic E-state index is 12.9. The average Bonchev–Trinajstić information content (AvgIpc) is 2.82. The highest BCUT2D eigenvalue weighted by Crippen LogP contribution is 2.41. The van der Waals surface area contributed by atoms with Crippen LogP contribution >= 0.6 is 12.2 Å². The van der Waals surface area contributed by atoms with Gasteiger partial charge < -0.3 is 15.3 Å². The number of alkyl halides is 3. The molecule has 9 heteroatoms. The largest absolute Gasteiger partial charge is 0.463 e. The molecular formula is C9H8F3N3O2S. The first-order chi connectivity index (χ1) is 8.25. The van der Waals surface area contributed by atoms with Gasteiger partial charge in [-0.3, -0.25) is 0 Å². The molecule has 0 unspecified atom stereocenters. The van der Waals surface area contributed by atoms with Crippen LogP contribution in [0.2, 0.25) is 0 Å². The van der Waals surface area contributed by atoms with Gasteiger partial charge in [0.05, 0.1) is 12.7 Å². The number of nitrogens with zero attached hydrogens (tertiary/aromatic N) is 2. The van der Waals surface area contributed by atoms with E-state index in [1.165, 1.54) is 18.4 Å². The summed E-state index contributed by atoms with van der Waals surface area (Å²) in [4.78, 5) is 0. The Morgan fingerprint density at radius 3 is 2.67 bits per heavy atom. The summed E-state index contributed by atoms with van der Waals surface area (Å²) in [5, 5.41) is 12.8. The number of furan rings is 1. The molecule has 0 aromatic carbocycles. The average molecular weight is 279 g/mol. The molecule has 0 fully saturated rings. The molecule has 0 amide bonds. The first-order valence-corrected chi connectivity index (χ1v) is 5.16. The van der Waals surface area contributed by atoms with Crippen molar-refractivity contribution in [3.05, 3.63) is 24.2 Å². The first-order valence-electron chi connectivity index (χ1n) is 4.76. The minimum absolute atomic E-state index is 0.0763. The third-order valence-electron chi connectivity index (χ3n) is 2.45. The van der Waals surface area contributed by atoms with E-state index in [-0.39, 0.29) is 16.5 Å². The number of nitrogens with two attached hydrogens (primary N) is 1. The molecule has 3 N–H and O–H groups in total. The van der Waals surface area contributed by atoms with Crippen LogP contribution in [0.1, 0.15) is 12.2 Å². The van der Waals surface area contributed by atoms with E-state index in [9.17, 15) is 18.3 Å². The predicted molar refractivity (Wildman–Crippen MR) is 59.5 cm³/mol. The van der Waals surface area contributed by atoms with Crippen LogP contribution in [-0.2, 0) is 0 Å². The molecule has 5 nitrogen and oxygen atoms in total. The second-order valence-corrected chi connectivity index (χ2v) is 4.08. The molecule has 1 aromatic rings. The van der Waals surface area contributed by atoms with Crippen LogP contribution in [0, 0.1) is 0 Å². The van der Waals surface area contributed by atoms with Crippen molar-refractivity contribution in [3.8, 4) is 0 Å². The van der Waals surface area contributed by atoms with Crippen LogP contribution in [0.5, 0.6) is 0 Å². The molecule has 18 heavy (non-hydrogen) atoms. The van der Waals surface area contributed by atoms with Crippen molar-refractivity contribution < 1.29 is 22.7 Å². The molecule has 1 aliphatic rings. The van der Waals surface area contributed by atoms with E-state index in [0.717, 1.165) is 0 Å². The van der Waals surface area contributed by atoms with Gasteiger partial charge in [-0.05, 0) is 24.4 Å². The van der Waals surface area contributed by atoms with Gasteiger partial charge in [-0.1, -0.05) is 0 Å². The maximum absolute atomic E-state index is 12.9. The summed E-state index contributed by atoms with van der Waals surface area (Å²) in [6.07, 6.45) is -4.47. The second kappa shape index (κ2) is 3.95. The summed E-state index contributed by atoms with van der Waals surface area (Å²) in [5.41, 5.74) is 1.83. The standard InChI is InChI=1S/C9H8F3N3O2S/c10-9(11,12)8(16)4-5(6-2-1-3-17-6)14-15(8)7(13)18/h1-3,16H,4H2,(H2,13,18)/t8-/m1/s1. The highest BCUT2D eigenvalue weighted by atomic mass is 32.1. The molecule has 0 bridgehead atoms. The third-order valence-corrected chi connectivity index (χ3v) is 2.63. The fourth-order valence-electron chi connectivity index (χ4n) is 1.58. The van der Waals surface area contributed by atoms with E-state index in [1.54, 1.807) is 0 Å². The summed E-state index contributed by atoms with van der Waals surface area (Å²) < 4.78 is 43.5. The quantitative estimate of drug-likeness (QED) is 0.755. The van der Waals surface area contributed by atoms with Crippen molar-refractivity contribution >= 4 is 23.0 Å². The molecule has 0 saturated carbocycles. The van der Waals surface area contributed by atoms with Crippen LogP contribution in [-0.4, -0.2) is 32.8 Å². The lowest BCUT2D eigenvalue weighted by Crippen LogP contribution is -2.57. The Bertz CT molecular complexity index is 500. The van der Waals surface area contributed by atoms with Gasteiger partial charge in [0.2, 0.25) is 0 Å². The van der Waals surface area contributed by atoms with Crippen LogP contribution in [0.15, 0.2) is 27.9 Å². The summed E-state index contributed by atoms with van der Waals surface area (Å²) in [6, 6.07) is 2.92. The van der Waals surface area contributed by atoms with Gasteiger partial charge in [-0.15, -0.1) is 0 Å². The van der Waals surface area contributed by atoms with Crippen LogP contribution in [0.25, 0.3) is 0 Å². The van der Waals surface area contributed by atoms with Gasteiger partial charge >= 0.3 is 6.18 Å². The molecular weight excluding hydrogens is 271 g/mol. The number of hydrogen-bond donors (Lipinski definition) is 2. The minimum atomic E-state index is -4.95. The molecule has 1 aliphatic heterocycles. The second-order valence-electron chi connectivity index (χ2n) is 3.67. The van der Waals surface area contributed by atoms with Crippen molar-refractivity contribution in [1.29, 1.82) is 0 Å². The molecule has 2 rings (SSSR count). The van der Waals surface area contributed by atoms with E-state index in [2.05, 4.69) is 17.3 Å². The van der Waals surface area contributed by atoms with Gasteiger partial charge in [0.25, 0.3) is 5.72 Å². The van der Waals surface area contributed by atoms with E-state index in [4.69, 9.17) is 10.2 Å². The van der Waals surface area contributed by atoms with Gasteiger partial charge in [0.1, 0.15) is 11.5 Å².